The summed E-state index contributed by atoms with van der Waals surface area (Å²) in [6, 6.07) is 15.4. The van der Waals surface area contributed by atoms with Crippen LogP contribution in [-0.4, -0.2) is 23.2 Å². The highest BCUT2D eigenvalue weighted by Crippen LogP contribution is 2.42. The Bertz CT molecular complexity index is 921. The number of ketones is 1. The first-order valence-electron chi connectivity index (χ1n) is 8.32. The average molecular weight is 350 g/mol. The van der Waals surface area contributed by atoms with Crippen LogP contribution in [0.5, 0.6) is 5.75 Å². The summed E-state index contributed by atoms with van der Waals surface area (Å²) in [5.74, 6) is 0.447. The minimum Gasteiger partial charge on any atom is -0.494 e. The van der Waals surface area contributed by atoms with Gasteiger partial charge in [-0.25, -0.2) is 4.99 Å². The highest BCUT2D eigenvalue weighted by molar-refractivity contribution is 7.80. The van der Waals surface area contributed by atoms with Crippen LogP contribution in [-0.2, 0) is 5.54 Å². The highest BCUT2D eigenvalue weighted by Gasteiger charge is 2.51. The second-order valence-corrected chi connectivity index (χ2v) is 6.82. The third kappa shape index (κ3) is 2.38. The van der Waals surface area contributed by atoms with Crippen molar-refractivity contribution in [2.45, 2.75) is 19.4 Å². The van der Waals surface area contributed by atoms with Gasteiger partial charge in [-0.1, -0.05) is 36.4 Å². The lowest BCUT2D eigenvalue weighted by Gasteiger charge is -2.39. The molecular formula is C20H18N2O2S. The number of nitrogens with zero attached hydrogens (tertiary/aromatic N) is 1. The van der Waals surface area contributed by atoms with Gasteiger partial charge in [0.1, 0.15) is 5.75 Å². The zero-order valence-electron chi connectivity index (χ0n) is 14.1. The fourth-order valence-electron chi connectivity index (χ4n) is 3.76. The van der Waals surface area contributed by atoms with Crippen LogP contribution in [0.15, 0.2) is 53.5 Å². The van der Waals surface area contributed by atoms with E-state index in [1.807, 2.05) is 62.4 Å². The van der Waals surface area contributed by atoms with Crippen molar-refractivity contribution in [3.8, 4) is 5.75 Å². The van der Waals surface area contributed by atoms with Gasteiger partial charge in [0.15, 0.2) is 10.9 Å². The Morgan fingerprint density at radius 1 is 1.20 bits per heavy atom. The van der Waals surface area contributed by atoms with Gasteiger partial charge in [0.25, 0.3) is 0 Å². The van der Waals surface area contributed by atoms with E-state index in [2.05, 4.69) is 10.3 Å². The van der Waals surface area contributed by atoms with Crippen LogP contribution >= 0.6 is 12.2 Å². The fourth-order valence-corrected chi connectivity index (χ4v) is 4.07. The quantitative estimate of drug-likeness (QED) is 0.861. The molecule has 0 amide bonds. The zero-order valence-corrected chi connectivity index (χ0v) is 14.9. The number of nitrogens with one attached hydrogen (secondary N) is 1. The molecule has 126 valence electrons. The number of hydrogen-bond acceptors (Lipinski definition) is 3. The van der Waals surface area contributed by atoms with Crippen LogP contribution in [0.3, 0.4) is 0 Å². The number of Topliss-reactive ketones (excluding diaryl/α,β-unsaturated/α-hetero) is 1. The standard InChI is InChI=1S/C20H18N2O2S/c1-3-24-13-8-6-7-12(11-13)20(2)16-17(21-19(25)22-20)14-9-4-5-10-15(14)18(16)23/h4-11,16H,3H2,1-2H3,(H,22,25). The van der Waals surface area contributed by atoms with Crippen molar-refractivity contribution in [2.75, 3.05) is 6.61 Å². The molecule has 0 radical (unpaired) electrons. The molecule has 2 aromatic carbocycles. The van der Waals surface area contributed by atoms with Gasteiger partial charge in [-0.3, -0.25) is 4.79 Å². The summed E-state index contributed by atoms with van der Waals surface area (Å²) >= 11 is 5.39. The molecule has 2 aliphatic rings. The second kappa shape index (κ2) is 5.77. The zero-order chi connectivity index (χ0) is 17.6. The summed E-state index contributed by atoms with van der Waals surface area (Å²) in [7, 11) is 0. The number of thiocarbonyl (C=S) groups is 1. The number of ether oxygens (including phenoxy) is 1. The van der Waals surface area contributed by atoms with E-state index in [9.17, 15) is 4.79 Å². The van der Waals surface area contributed by atoms with E-state index in [0.717, 1.165) is 22.6 Å². The maximum Gasteiger partial charge on any atom is 0.193 e. The molecule has 4 nitrogen and oxygen atoms in total. The lowest BCUT2D eigenvalue weighted by atomic mass is 9.75. The van der Waals surface area contributed by atoms with Crippen molar-refractivity contribution < 1.29 is 9.53 Å². The van der Waals surface area contributed by atoms with E-state index in [4.69, 9.17) is 17.0 Å². The maximum absolute atomic E-state index is 13.1. The third-order valence-electron chi connectivity index (χ3n) is 4.91. The van der Waals surface area contributed by atoms with Crippen molar-refractivity contribution in [3.63, 3.8) is 0 Å². The molecule has 2 aromatic rings. The van der Waals surface area contributed by atoms with Crippen LogP contribution < -0.4 is 10.1 Å². The second-order valence-electron chi connectivity index (χ2n) is 6.43. The number of fused-ring (bicyclic) bond motifs is 3. The number of rotatable bonds is 3. The van der Waals surface area contributed by atoms with Crippen molar-refractivity contribution >= 4 is 28.8 Å². The van der Waals surface area contributed by atoms with Crippen molar-refractivity contribution in [1.82, 2.24) is 5.32 Å². The number of carbonyl (C=O) groups is 1. The molecule has 0 bridgehead atoms. The van der Waals surface area contributed by atoms with Gasteiger partial charge >= 0.3 is 0 Å². The summed E-state index contributed by atoms with van der Waals surface area (Å²) < 4.78 is 5.63. The average Bonchev–Trinajstić information content (AvgIpc) is 2.89. The molecule has 0 saturated heterocycles. The Balaban J connectivity index is 1.87. The van der Waals surface area contributed by atoms with Gasteiger partial charge < -0.3 is 10.1 Å². The van der Waals surface area contributed by atoms with Crippen LogP contribution in [0.1, 0.15) is 35.3 Å². The molecular weight excluding hydrogens is 332 g/mol. The normalized spacial score (nSPS) is 24.2. The Morgan fingerprint density at radius 2 is 1.96 bits per heavy atom. The minimum absolute atomic E-state index is 0.0775. The molecule has 2 unspecified atom stereocenters. The highest BCUT2D eigenvalue weighted by atomic mass is 32.1. The Labute approximate surface area is 151 Å². The SMILES string of the molecule is CCOc1cccc(C2(C)NC(=S)N=C3c4ccccc4C(=O)C32)c1. The van der Waals surface area contributed by atoms with Crippen molar-refractivity contribution in [1.29, 1.82) is 0 Å². The summed E-state index contributed by atoms with van der Waals surface area (Å²) in [6.07, 6.45) is 0. The molecule has 0 aromatic heterocycles. The largest absolute Gasteiger partial charge is 0.494 e. The van der Waals surface area contributed by atoms with Gasteiger partial charge in [0.05, 0.1) is 23.8 Å². The van der Waals surface area contributed by atoms with Crippen molar-refractivity contribution in [3.05, 3.63) is 65.2 Å². The summed E-state index contributed by atoms with van der Waals surface area (Å²) in [6.45, 7) is 4.55. The molecule has 0 spiro atoms. The lowest BCUT2D eigenvalue weighted by Crippen LogP contribution is -2.55. The molecule has 5 heteroatoms. The van der Waals surface area contributed by atoms with Crippen LogP contribution in [0, 0.1) is 5.92 Å². The van der Waals surface area contributed by atoms with Crippen LogP contribution in [0.2, 0.25) is 0 Å². The van der Waals surface area contributed by atoms with E-state index < -0.39 is 11.5 Å². The Kier molecular flexibility index (Phi) is 3.69. The first kappa shape index (κ1) is 16.0. The van der Waals surface area contributed by atoms with Gasteiger partial charge in [-0.2, -0.15) is 0 Å². The number of benzene rings is 2. The number of aliphatic imine (C=N–C) groups is 1. The first-order chi connectivity index (χ1) is 12.0. The van der Waals surface area contributed by atoms with Crippen LogP contribution in [0.25, 0.3) is 0 Å². The summed E-state index contributed by atoms with van der Waals surface area (Å²) in [4.78, 5) is 17.6. The summed E-state index contributed by atoms with van der Waals surface area (Å²) in [5, 5.41) is 3.69. The molecule has 4 rings (SSSR count). The molecule has 1 N–H and O–H groups in total. The number of hydrogen-bond donors (Lipinski definition) is 1. The van der Waals surface area contributed by atoms with Gasteiger partial charge in [0, 0.05) is 11.1 Å². The molecule has 1 aliphatic heterocycles. The van der Waals surface area contributed by atoms with E-state index in [-0.39, 0.29) is 5.78 Å². The molecule has 2 atom stereocenters. The van der Waals surface area contributed by atoms with E-state index in [1.54, 1.807) is 0 Å². The molecule has 0 fully saturated rings. The maximum atomic E-state index is 13.1. The predicted octanol–water partition coefficient (Wildman–Crippen LogP) is 3.49. The van der Waals surface area contributed by atoms with Gasteiger partial charge in [0.2, 0.25) is 0 Å². The molecule has 1 aliphatic carbocycles. The van der Waals surface area contributed by atoms with Gasteiger partial charge in [-0.15, -0.1) is 0 Å². The lowest BCUT2D eigenvalue weighted by molar-refractivity contribution is 0.0910. The Hall–Kier alpha value is -2.53. The minimum atomic E-state index is -0.669. The van der Waals surface area contributed by atoms with E-state index in [0.29, 0.717) is 17.3 Å². The topological polar surface area (TPSA) is 50.7 Å². The van der Waals surface area contributed by atoms with Gasteiger partial charge in [-0.05, 0) is 43.8 Å². The Morgan fingerprint density at radius 3 is 2.72 bits per heavy atom. The molecule has 1 heterocycles. The van der Waals surface area contributed by atoms with Crippen molar-refractivity contribution in [2.24, 2.45) is 10.9 Å². The third-order valence-corrected chi connectivity index (χ3v) is 5.11. The van der Waals surface area contributed by atoms with Crippen LogP contribution in [0.4, 0.5) is 0 Å². The fraction of sp³-hybridized carbons (Fsp3) is 0.250. The monoisotopic (exact) mass is 350 g/mol. The molecule has 0 saturated carbocycles. The first-order valence-corrected chi connectivity index (χ1v) is 8.73. The molecule has 25 heavy (non-hydrogen) atoms. The summed E-state index contributed by atoms with van der Waals surface area (Å²) in [5.41, 5.74) is 2.64. The predicted molar refractivity (Wildman–Crippen MR) is 101 cm³/mol. The smallest absolute Gasteiger partial charge is 0.193 e. The number of carbonyl (C=O) groups excluding carboxylic acids is 1. The van der Waals surface area contributed by atoms with E-state index >= 15 is 0 Å². The van der Waals surface area contributed by atoms with E-state index in [1.165, 1.54) is 0 Å².